The first-order valence-electron chi connectivity index (χ1n) is 9.00. The Morgan fingerprint density at radius 3 is 2.57 bits per heavy atom. The van der Waals surface area contributed by atoms with Gasteiger partial charge in [-0.2, -0.15) is 5.26 Å². The molecule has 1 unspecified atom stereocenters. The highest BCUT2D eigenvalue weighted by molar-refractivity contribution is 5.94. The summed E-state index contributed by atoms with van der Waals surface area (Å²) in [6, 6.07) is 16.5. The molecule has 3 aromatic rings. The lowest BCUT2D eigenvalue weighted by molar-refractivity contribution is -0.122. The number of nitrogens with one attached hydrogen (secondary N) is 1. The maximum absolute atomic E-state index is 12.4. The summed E-state index contributed by atoms with van der Waals surface area (Å²) in [5.41, 5.74) is 2.10. The van der Waals surface area contributed by atoms with E-state index in [2.05, 4.69) is 20.8 Å². The lowest BCUT2D eigenvalue weighted by Gasteiger charge is -2.15. The van der Waals surface area contributed by atoms with Crippen LogP contribution in [0, 0.1) is 11.3 Å². The van der Waals surface area contributed by atoms with Crippen LogP contribution < -0.4 is 10.1 Å². The minimum Gasteiger partial charge on any atom is -0.481 e. The van der Waals surface area contributed by atoms with E-state index in [1.54, 1.807) is 31.2 Å². The fraction of sp³-hybridized carbons (Fsp3) is 0.250. The van der Waals surface area contributed by atoms with E-state index in [0.717, 1.165) is 24.2 Å². The van der Waals surface area contributed by atoms with Crippen LogP contribution in [0.3, 0.4) is 0 Å². The van der Waals surface area contributed by atoms with E-state index in [1.165, 1.54) is 0 Å². The van der Waals surface area contributed by atoms with E-state index in [-0.39, 0.29) is 5.91 Å². The van der Waals surface area contributed by atoms with E-state index in [0.29, 0.717) is 23.0 Å². The number of tetrazole rings is 1. The van der Waals surface area contributed by atoms with Crippen LogP contribution in [0.15, 0.2) is 48.5 Å². The number of ether oxygens (including phenoxy) is 1. The van der Waals surface area contributed by atoms with Gasteiger partial charge in [-0.05, 0) is 78.7 Å². The van der Waals surface area contributed by atoms with Crippen LogP contribution in [0.1, 0.15) is 31.4 Å². The van der Waals surface area contributed by atoms with Gasteiger partial charge in [0, 0.05) is 11.3 Å². The van der Waals surface area contributed by atoms with Gasteiger partial charge in [0.15, 0.2) is 11.9 Å². The molecule has 0 bridgehead atoms. The number of benzene rings is 2. The highest BCUT2D eigenvalue weighted by atomic mass is 16.5. The van der Waals surface area contributed by atoms with Gasteiger partial charge in [0.25, 0.3) is 5.91 Å². The first-order chi connectivity index (χ1) is 13.6. The van der Waals surface area contributed by atoms with Gasteiger partial charge in [-0.15, -0.1) is 5.10 Å². The molecule has 1 amide bonds. The molecule has 1 fully saturated rings. The molecule has 0 aliphatic heterocycles. The van der Waals surface area contributed by atoms with Crippen molar-refractivity contribution in [2.75, 3.05) is 5.32 Å². The topological polar surface area (TPSA) is 106 Å². The molecule has 1 saturated carbocycles. The zero-order chi connectivity index (χ0) is 19.5. The summed E-state index contributed by atoms with van der Waals surface area (Å²) in [4.78, 5) is 12.4. The van der Waals surface area contributed by atoms with Crippen LogP contribution in [0.5, 0.6) is 5.75 Å². The van der Waals surface area contributed by atoms with Crippen LogP contribution in [0.25, 0.3) is 11.4 Å². The number of rotatable bonds is 6. The number of amides is 1. The fourth-order valence-corrected chi connectivity index (χ4v) is 2.76. The Labute approximate surface area is 161 Å². The highest BCUT2D eigenvalue weighted by Gasteiger charge is 2.28. The second kappa shape index (κ2) is 7.48. The second-order valence-electron chi connectivity index (χ2n) is 6.64. The standard InChI is InChI=1S/C20H18N6O2/c1-13(28-18-10-2-14(12-21)3-11-18)20(27)22-16-6-4-15(5-7-16)19-23-24-25-26(19)17-8-9-17/h2-7,10-11,13,17H,8-9H2,1H3,(H,22,27). The molecule has 140 valence electrons. The maximum atomic E-state index is 12.4. The Morgan fingerprint density at radius 2 is 1.93 bits per heavy atom. The number of hydrogen-bond acceptors (Lipinski definition) is 6. The summed E-state index contributed by atoms with van der Waals surface area (Å²) < 4.78 is 7.48. The summed E-state index contributed by atoms with van der Waals surface area (Å²) in [6.07, 6.45) is 1.52. The average molecular weight is 374 g/mol. The van der Waals surface area contributed by atoms with Crippen molar-refractivity contribution in [3.8, 4) is 23.2 Å². The van der Waals surface area contributed by atoms with Gasteiger partial charge in [-0.3, -0.25) is 4.79 Å². The summed E-state index contributed by atoms with van der Waals surface area (Å²) in [5.74, 6) is 1.00. The molecule has 4 rings (SSSR count). The summed E-state index contributed by atoms with van der Waals surface area (Å²) >= 11 is 0. The Morgan fingerprint density at radius 1 is 1.21 bits per heavy atom. The van der Waals surface area contributed by atoms with E-state index in [9.17, 15) is 4.79 Å². The molecule has 0 spiro atoms. The molecule has 1 aromatic heterocycles. The lowest BCUT2D eigenvalue weighted by atomic mass is 10.2. The number of aromatic nitrogens is 4. The predicted octanol–water partition coefficient (Wildman–Crippen LogP) is 2.95. The van der Waals surface area contributed by atoms with Crippen LogP contribution in [0.2, 0.25) is 0 Å². The van der Waals surface area contributed by atoms with Crippen molar-refractivity contribution in [1.82, 2.24) is 20.2 Å². The minimum absolute atomic E-state index is 0.264. The zero-order valence-corrected chi connectivity index (χ0v) is 15.2. The predicted molar refractivity (Wildman–Crippen MR) is 101 cm³/mol. The van der Waals surface area contributed by atoms with Gasteiger partial charge in [-0.25, -0.2) is 4.68 Å². The molecule has 2 aromatic carbocycles. The van der Waals surface area contributed by atoms with Gasteiger partial charge in [0.2, 0.25) is 0 Å². The minimum atomic E-state index is -0.685. The molecule has 1 aliphatic carbocycles. The molecule has 1 atom stereocenters. The Balaban J connectivity index is 1.38. The van der Waals surface area contributed by atoms with Gasteiger partial charge in [-0.1, -0.05) is 0 Å². The number of anilines is 1. The van der Waals surface area contributed by atoms with E-state index in [4.69, 9.17) is 10.00 Å². The zero-order valence-electron chi connectivity index (χ0n) is 15.2. The van der Waals surface area contributed by atoms with Crippen molar-refractivity contribution in [3.05, 3.63) is 54.1 Å². The van der Waals surface area contributed by atoms with Crippen molar-refractivity contribution in [1.29, 1.82) is 5.26 Å². The highest BCUT2D eigenvalue weighted by Crippen LogP contribution is 2.36. The first-order valence-corrected chi connectivity index (χ1v) is 9.00. The average Bonchev–Trinajstić information content (AvgIpc) is 3.45. The Kier molecular flexibility index (Phi) is 4.72. The van der Waals surface area contributed by atoms with Crippen molar-refractivity contribution in [2.24, 2.45) is 0 Å². The van der Waals surface area contributed by atoms with Gasteiger partial charge in [0.1, 0.15) is 5.75 Å². The van der Waals surface area contributed by atoms with Crippen molar-refractivity contribution >= 4 is 11.6 Å². The summed E-state index contributed by atoms with van der Waals surface area (Å²) in [6.45, 7) is 1.67. The van der Waals surface area contributed by atoms with Crippen LogP contribution >= 0.6 is 0 Å². The lowest BCUT2D eigenvalue weighted by Crippen LogP contribution is -2.30. The van der Waals surface area contributed by atoms with Crippen molar-refractivity contribution in [2.45, 2.75) is 31.9 Å². The van der Waals surface area contributed by atoms with Gasteiger partial charge in [0.05, 0.1) is 17.7 Å². The largest absolute Gasteiger partial charge is 0.481 e. The van der Waals surface area contributed by atoms with Crippen LogP contribution in [0.4, 0.5) is 5.69 Å². The van der Waals surface area contributed by atoms with Crippen molar-refractivity contribution in [3.63, 3.8) is 0 Å². The summed E-state index contributed by atoms with van der Waals surface area (Å²) in [5, 5.41) is 23.6. The second-order valence-corrected chi connectivity index (χ2v) is 6.64. The van der Waals surface area contributed by atoms with Gasteiger partial charge >= 0.3 is 0 Å². The smallest absolute Gasteiger partial charge is 0.265 e. The number of nitriles is 1. The Hall–Kier alpha value is -3.73. The number of carbonyl (C=O) groups is 1. The van der Waals surface area contributed by atoms with E-state index >= 15 is 0 Å². The molecule has 0 saturated heterocycles. The molecule has 0 radical (unpaired) electrons. The third-order valence-electron chi connectivity index (χ3n) is 4.46. The SMILES string of the molecule is CC(Oc1ccc(C#N)cc1)C(=O)Nc1ccc(-c2nnnn2C2CC2)cc1. The first kappa shape index (κ1) is 17.7. The molecule has 1 aliphatic rings. The summed E-state index contributed by atoms with van der Waals surface area (Å²) in [7, 11) is 0. The quantitative estimate of drug-likeness (QED) is 0.711. The molecule has 28 heavy (non-hydrogen) atoms. The molecular formula is C20H18N6O2. The fourth-order valence-electron chi connectivity index (χ4n) is 2.76. The van der Waals surface area contributed by atoms with Gasteiger partial charge < -0.3 is 10.1 Å². The van der Waals surface area contributed by atoms with Crippen molar-refractivity contribution < 1.29 is 9.53 Å². The van der Waals surface area contributed by atoms with Crippen LogP contribution in [-0.4, -0.2) is 32.2 Å². The maximum Gasteiger partial charge on any atom is 0.265 e. The Bertz CT molecular complexity index is 1020. The molecule has 1 heterocycles. The van der Waals surface area contributed by atoms with E-state index in [1.807, 2.05) is 35.0 Å². The third-order valence-corrected chi connectivity index (χ3v) is 4.46. The number of hydrogen-bond donors (Lipinski definition) is 1. The molecule has 1 N–H and O–H groups in total. The number of carbonyl (C=O) groups excluding carboxylic acids is 1. The number of nitrogens with zero attached hydrogens (tertiary/aromatic N) is 5. The monoisotopic (exact) mass is 374 g/mol. The van der Waals surface area contributed by atoms with E-state index < -0.39 is 6.10 Å². The molecule has 8 heteroatoms. The normalized spacial score (nSPS) is 14.1. The molecular weight excluding hydrogens is 356 g/mol. The molecule has 8 nitrogen and oxygen atoms in total. The third kappa shape index (κ3) is 3.83. The van der Waals surface area contributed by atoms with Crippen LogP contribution in [-0.2, 0) is 4.79 Å².